The minimum absolute atomic E-state index is 0.110. The van der Waals surface area contributed by atoms with Crippen molar-refractivity contribution in [3.63, 3.8) is 0 Å². The van der Waals surface area contributed by atoms with Crippen molar-refractivity contribution in [3.05, 3.63) is 83.3 Å². The van der Waals surface area contributed by atoms with Crippen LogP contribution in [-0.2, 0) is 4.79 Å². The van der Waals surface area contributed by atoms with Gasteiger partial charge in [-0.25, -0.2) is 5.01 Å². The van der Waals surface area contributed by atoms with Gasteiger partial charge in [0.15, 0.2) is 0 Å². The van der Waals surface area contributed by atoms with Crippen LogP contribution in [0.25, 0.3) is 0 Å². The number of aryl methyl sites for hydroxylation is 1. The number of nitrogens with one attached hydrogen (secondary N) is 1. The van der Waals surface area contributed by atoms with Gasteiger partial charge in [0.1, 0.15) is 17.6 Å². The molecule has 2 heterocycles. The average molecular weight is 403 g/mol. The average Bonchev–Trinajstić information content (AvgIpc) is 3.44. The van der Waals surface area contributed by atoms with Crippen molar-refractivity contribution in [2.45, 2.75) is 26.3 Å². The van der Waals surface area contributed by atoms with E-state index < -0.39 is 0 Å². The number of anilines is 1. The van der Waals surface area contributed by atoms with E-state index >= 15 is 0 Å². The number of rotatable bonds is 6. The second kappa shape index (κ2) is 8.45. The van der Waals surface area contributed by atoms with Gasteiger partial charge in [0.25, 0.3) is 5.91 Å². The molecule has 4 rings (SSSR count). The van der Waals surface area contributed by atoms with E-state index in [1.807, 2.05) is 55.5 Å². The Hall–Kier alpha value is -3.54. The molecular weight excluding hydrogens is 378 g/mol. The van der Waals surface area contributed by atoms with Gasteiger partial charge in [-0.1, -0.05) is 12.1 Å². The third-order valence-electron chi connectivity index (χ3n) is 5.50. The first-order valence-corrected chi connectivity index (χ1v) is 9.94. The van der Waals surface area contributed by atoms with Crippen LogP contribution in [0.4, 0.5) is 5.69 Å². The van der Waals surface area contributed by atoms with Gasteiger partial charge in [0.05, 0.1) is 25.6 Å². The van der Waals surface area contributed by atoms with Gasteiger partial charge in [0, 0.05) is 12.1 Å². The van der Waals surface area contributed by atoms with Gasteiger partial charge in [0.2, 0.25) is 0 Å². The number of nitrogens with zero attached hydrogens (tertiary/aromatic N) is 2. The number of methoxy groups -OCH3 is 1. The van der Waals surface area contributed by atoms with Crippen LogP contribution < -0.4 is 10.1 Å². The maximum absolute atomic E-state index is 13.1. The standard InChI is InChI=1S/C24H25N3O3/c1-16-6-4-7-20(17(16)2)25-15-24(28)27-22(23-8-5-13-30-23)14-21(26-27)18-9-11-19(29-3)12-10-18/h4-13,22,25H,14-15H2,1-3H3/t22-/m1/s1. The molecule has 0 saturated heterocycles. The van der Waals surface area contributed by atoms with Crippen LogP contribution in [0.15, 0.2) is 70.4 Å². The van der Waals surface area contributed by atoms with Crippen molar-refractivity contribution in [1.82, 2.24) is 5.01 Å². The van der Waals surface area contributed by atoms with Crippen molar-refractivity contribution in [2.75, 3.05) is 19.0 Å². The van der Waals surface area contributed by atoms with Crippen molar-refractivity contribution in [3.8, 4) is 5.75 Å². The molecular formula is C24H25N3O3. The summed E-state index contributed by atoms with van der Waals surface area (Å²) in [5.74, 6) is 1.40. The number of hydrazone groups is 1. The number of ether oxygens (including phenoxy) is 1. The highest BCUT2D eigenvalue weighted by Gasteiger charge is 2.34. The predicted molar refractivity (Wildman–Crippen MR) is 117 cm³/mol. The molecule has 3 aromatic rings. The fraction of sp³-hybridized carbons (Fsp3) is 0.250. The molecule has 0 radical (unpaired) electrons. The van der Waals surface area contributed by atoms with E-state index in [-0.39, 0.29) is 18.5 Å². The van der Waals surface area contributed by atoms with Gasteiger partial charge >= 0.3 is 0 Å². The lowest BCUT2D eigenvalue weighted by Crippen LogP contribution is -2.32. The molecule has 0 fully saturated rings. The topological polar surface area (TPSA) is 67.1 Å². The molecule has 154 valence electrons. The Morgan fingerprint density at radius 1 is 1.17 bits per heavy atom. The van der Waals surface area contributed by atoms with Crippen LogP contribution in [0.1, 0.15) is 34.9 Å². The highest BCUT2D eigenvalue weighted by atomic mass is 16.5. The molecule has 1 amide bonds. The van der Waals surface area contributed by atoms with Gasteiger partial charge in [-0.3, -0.25) is 4.79 Å². The van der Waals surface area contributed by atoms with Gasteiger partial charge < -0.3 is 14.5 Å². The number of carbonyl (C=O) groups is 1. The number of hydrogen-bond acceptors (Lipinski definition) is 5. The molecule has 0 saturated carbocycles. The Morgan fingerprint density at radius 3 is 2.67 bits per heavy atom. The van der Waals surface area contributed by atoms with E-state index in [1.54, 1.807) is 13.4 Å². The van der Waals surface area contributed by atoms with Gasteiger partial charge in [-0.15, -0.1) is 0 Å². The Balaban J connectivity index is 1.56. The summed E-state index contributed by atoms with van der Waals surface area (Å²) >= 11 is 0. The highest BCUT2D eigenvalue weighted by Crippen LogP contribution is 2.33. The van der Waals surface area contributed by atoms with Crippen LogP contribution in [0.3, 0.4) is 0 Å². The molecule has 1 atom stereocenters. The SMILES string of the molecule is COc1ccc(C2=NN(C(=O)CNc3cccc(C)c3C)[C@@H](c3ccco3)C2)cc1. The molecule has 0 aliphatic carbocycles. The lowest BCUT2D eigenvalue weighted by molar-refractivity contribution is -0.131. The number of amides is 1. The van der Waals surface area contributed by atoms with Crippen molar-refractivity contribution < 1.29 is 13.9 Å². The van der Waals surface area contributed by atoms with Crippen LogP contribution in [-0.4, -0.2) is 30.3 Å². The van der Waals surface area contributed by atoms with Crippen molar-refractivity contribution in [1.29, 1.82) is 0 Å². The highest BCUT2D eigenvalue weighted by molar-refractivity contribution is 6.03. The minimum Gasteiger partial charge on any atom is -0.497 e. The molecule has 1 aliphatic heterocycles. The van der Waals surface area contributed by atoms with Crippen LogP contribution in [0.5, 0.6) is 5.75 Å². The summed E-state index contributed by atoms with van der Waals surface area (Å²) in [4.78, 5) is 13.1. The minimum atomic E-state index is -0.259. The molecule has 2 aromatic carbocycles. The molecule has 0 unspecified atom stereocenters. The Bertz CT molecular complexity index is 1060. The second-order valence-corrected chi connectivity index (χ2v) is 7.35. The van der Waals surface area contributed by atoms with E-state index in [1.165, 1.54) is 10.6 Å². The largest absolute Gasteiger partial charge is 0.497 e. The van der Waals surface area contributed by atoms with Crippen molar-refractivity contribution in [2.24, 2.45) is 5.10 Å². The lowest BCUT2D eigenvalue weighted by Gasteiger charge is -2.20. The summed E-state index contributed by atoms with van der Waals surface area (Å²) in [6, 6.07) is 17.2. The zero-order chi connectivity index (χ0) is 21.1. The monoisotopic (exact) mass is 403 g/mol. The van der Waals surface area contributed by atoms with E-state index in [2.05, 4.69) is 23.4 Å². The fourth-order valence-electron chi connectivity index (χ4n) is 3.60. The molecule has 1 N–H and O–H groups in total. The molecule has 6 nitrogen and oxygen atoms in total. The Labute approximate surface area is 176 Å². The van der Waals surface area contributed by atoms with Crippen LogP contribution >= 0.6 is 0 Å². The first-order chi connectivity index (χ1) is 14.6. The van der Waals surface area contributed by atoms with E-state index in [0.29, 0.717) is 6.42 Å². The lowest BCUT2D eigenvalue weighted by atomic mass is 10.0. The zero-order valence-corrected chi connectivity index (χ0v) is 17.4. The summed E-state index contributed by atoms with van der Waals surface area (Å²) in [5.41, 5.74) is 5.08. The summed E-state index contributed by atoms with van der Waals surface area (Å²) in [7, 11) is 1.64. The van der Waals surface area contributed by atoms with E-state index in [4.69, 9.17) is 9.15 Å². The van der Waals surface area contributed by atoms with Crippen LogP contribution in [0, 0.1) is 13.8 Å². The van der Waals surface area contributed by atoms with Crippen LogP contribution in [0.2, 0.25) is 0 Å². The second-order valence-electron chi connectivity index (χ2n) is 7.35. The first kappa shape index (κ1) is 19.8. The Morgan fingerprint density at radius 2 is 1.97 bits per heavy atom. The maximum Gasteiger partial charge on any atom is 0.262 e. The first-order valence-electron chi connectivity index (χ1n) is 9.94. The van der Waals surface area contributed by atoms with E-state index in [9.17, 15) is 4.79 Å². The summed E-state index contributed by atoms with van der Waals surface area (Å²) < 4.78 is 10.8. The third-order valence-corrected chi connectivity index (χ3v) is 5.50. The Kier molecular flexibility index (Phi) is 5.57. The molecule has 6 heteroatoms. The predicted octanol–water partition coefficient (Wildman–Crippen LogP) is 4.69. The molecule has 0 bridgehead atoms. The number of hydrogen-bond donors (Lipinski definition) is 1. The van der Waals surface area contributed by atoms with E-state index in [0.717, 1.165) is 34.0 Å². The number of benzene rings is 2. The fourth-order valence-corrected chi connectivity index (χ4v) is 3.60. The smallest absolute Gasteiger partial charge is 0.262 e. The summed E-state index contributed by atoms with van der Waals surface area (Å²) in [6.45, 7) is 4.26. The maximum atomic E-state index is 13.1. The van der Waals surface area contributed by atoms with Gasteiger partial charge in [-0.2, -0.15) is 5.10 Å². The number of furan rings is 1. The zero-order valence-electron chi connectivity index (χ0n) is 17.4. The normalized spacial score (nSPS) is 15.8. The molecule has 1 aromatic heterocycles. The quantitative estimate of drug-likeness (QED) is 0.648. The summed E-state index contributed by atoms with van der Waals surface area (Å²) in [5, 5.41) is 9.46. The molecule has 30 heavy (non-hydrogen) atoms. The molecule has 1 aliphatic rings. The van der Waals surface area contributed by atoms with Gasteiger partial charge in [-0.05, 0) is 73.0 Å². The summed E-state index contributed by atoms with van der Waals surface area (Å²) in [6.07, 6.45) is 2.22. The number of carbonyl (C=O) groups excluding carboxylic acids is 1. The molecule has 0 spiro atoms. The third kappa shape index (κ3) is 3.94. The van der Waals surface area contributed by atoms with Crippen molar-refractivity contribution >= 4 is 17.3 Å².